The number of hydrogen-bond acceptors (Lipinski definition) is 4. The van der Waals surface area contributed by atoms with Gasteiger partial charge in [0.2, 0.25) is 0 Å². The van der Waals surface area contributed by atoms with Crippen LogP contribution >= 0.6 is 0 Å². The minimum absolute atomic E-state index is 0.0890. The fourth-order valence-electron chi connectivity index (χ4n) is 2.66. The Balaban J connectivity index is 2.00. The number of hydrogen-bond donors (Lipinski definition) is 2. The molecule has 0 aliphatic rings. The molecule has 0 fully saturated rings. The van der Waals surface area contributed by atoms with Crippen molar-refractivity contribution in [3.8, 4) is 6.07 Å². The predicted octanol–water partition coefficient (Wildman–Crippen LogP) is 3.02. The fourth-order valence-corrected chi connectivity index (χ4v) is 2.66. The average molecular weight is 304 g/mol. The van der Waals surface area contributed by atoms with Crippen LogP contribution in [0.1, 0.15) is 22.5 Å². The molecule has 0 unspecified atom stereocenters. The van der Waals surface area contributed by atoms with Crippen molar-refractivity contribution in [2.75, 3.05) is 5.32 Å². The highest BCUT2D eigenvalue weighted by atomic mass is 16.1. The molecule has 23 heavy (non-hydrogen) atoms. The summed E-state index contributed by atoms with van der Waals surface area (Å²) in [5.74, 6) is 0. The van der Waals surface area contributed by atoms with Crippen molar-refractivity contribution in [2.24, 2.45) is 0 Å². The lowest BCUT2D eigenvalue weighted by atomic mass is 10.1. The Bertz CT molecular complexity index is 982. The molecular formula is C18H16N4O. The van der Waals surface area contributed by atoms with Crippen LogP contribution < -0.4 is 10.9 Å². The molecule has 5 heteroatoms. The number of rotatable bonds is 3. The van der Waals surface area contributed by atoms with Gasteiger partial charge in [-0.15, -0.1) is 0 Å². The van der Waals surface area contributed by atoms with E-state index in [4.69, 9.17) is 5.26 Å². The van der Waals surface area contributed by atoms with Crippen LogP contribution in [0.15, 0.2) is 41.2 Å². The number of aryl methyl sites for hydroxylation is 2. The van der Waals surface area contributed by atoms with Gasteiger partial charge in [0.25, 0.3) is 5.56 Å². The second-order valence-electron chi connectivity index (χ2n) is 5.48. The van der Waals surface area contributed by atoms with E-state index < -0.39 is 0 Å². The van der Waals surface area contributed by atoms with Crippen LogP contribution in [0.3, 0.4) is 0 Å². The molecule has 114 valence electrons. The molecule has 2 N–H and O–H groups in total. The van der Waals surface area contributed by atoms with Crippen LogP contribution in [0.2, 0.25) is 0 Å². The van der Waals surface area contributed by atoms with Crippen LogP contribution in [-0.4, -0.2) is 9.97 Å². The van der Waals surface area contributed by atoms with Crippen molar-refractivity contribution in [3.05, 3.63) is 69.3 Å². The summed E-state index contributed by atoms with van der Waals surface area (Å²) in [6.07, 6.45) is 0. The Kier molecular flexibility index (Phi) is 3.82. The molecule has 0 atom stereocenters. The monoisotopic (exact) mass is 304 g/mol. The highest BCUT2D eigenvalue weighted by Crippen LogP contribution is 2.23. The molecule has 0 saturated heterocycles. The number of nitrogens with zero attached hydrogens (tertiary/aromatic N) is 2. The number of anilines is 1. The van der Waals surface area contributed by atoms with Crippen molar-refractivity contribution >= 4 is 16.6 Å². The summed E-state index contributed by atoms with van der Waals surface area (Å²) in [5, 5.41) is 13.3. The van der Waals surface area contributed by atoms with Gasteiger partial charge >= 0.3 is 0 Å². The van der Waals surface area contributed by atoms with Gasteiger partial charge < -0.3 is 10.3 Å². The Hall–Kier alpha value is -3.13. The zero-order chi connectivity index (χ0) is 16.4. The molecule has 1 aromatic carbocycles. The van der Waals surface area contributed by atoms with Gasteiger partial charge in [-0.1, -0.05) is 18.2 Å². The zero-order valence-corrected chi connectivity index (χ0v) is 13.0. The van der Waals surface area contributed by atoms with Crippen molar-refractivity contribution < 1.29 is 0 Å². The SMILES string of the molecule is Cc1cc(C)c(CNc2cc(C#N)nc3ccccc23)c(=O)[nH]1. The first-order chi connectivity index (χ1) is 11.1. The first-order valence-electron chi connectivity index (χ1n) is 7.31. The summed E-state index contributed by atoms with van der Waals surface area (Å²) >= 11 is 0. The maximum atomic E-state index is 12.1. The Morgan fingerprint density at radius 3 is 2.78 bits per heavy atom. The predicted molar refractivity (Wildman–Crippen MR) is 90.3 cm³/mol. The fraction of sp³-hybridized carbons (Fsp3) is 0.167. The normalized spacial score (nSPS) is 10.5. The number of fused-ring (bicyclic) bond motifs is 1. The van der Waals surface area contributed by atoms with Crippen molar-refractivity contribution in [1.29, 1.82) is 5.26 Å². The van der Waals surface area contributed by atoms with Crippen LogP contribution in [0.25, 0.3) is 10.9 Å². The van der Waals surface area contributed by atoms with E-state index in [-0.39, 0.29) is 5.56 Å². The lowest BCUT2D eigenvalue weighted by Crippen LogP contribution is -2.18. The van der Waals surface area contributed by atoms with Crippen molar-refractivity contribution in [3.63, 3.8) is 0 Å². The van der Waals surface area contributed by atoms with E-state index in [0.717, 1.165) is 27.8 Å². The molecule has 0 amide bonds. The third-order valence-corrected chi connectivity index (χ3v) is 3.78. The van der Waals surface area contributed by atoms with Crippen molar-refractivity contribution in [2.45, 2.75) is 20.4 Å². The molecule has 3 aromatic rings. The highest BCUT2D eigenvalue weighted by molar-refractivity contribution is 5.91. The number of benzene rings is 1. The number of aromatic amines is 1. The van der Waals surface area contributed by atoms with E-state index >= 15 is 0 Å². The quantitative estimate of drug-likeness (QED) is 0.779. The van der Waals surface area contributed by atoms with E-state index in [0.29, 0.717) is 17.8 Å². The topological polar surface area (TPSA) is 81.6 Å². The van der Waals surface area contributed by atoms with E-state index in [1.807, 2.05) is 44.2 Å². The molecule has 0 spiro atoms. The highest BCUT2D eigenvalue weighted by Gasteiger charge is 2.08. The Morgan fingerprint density at radius 1 is 1.26 bits per heavy atom. The van der Waals surface area contributed by atoms with Crippen LogP contribution in [-0.2, 0) is 6.54 Å². The lowest BCUT2D eigenvalue weighted by molar-refractivity contribution is 1.01. The van der Waals surface area contributed by atoms with E-state index in [9.17, 15) is 4.79 Å². The van der Waals surface area contributed by atoms with Crippen LogP contribution in [0.4, 0.5) is 5.69 Å². The first-order valence-corrected chi connectivity index (χ1v) is 7.31. The number of H-pyrrole nitrogens is 1. The van der Waals surface area contributed by atoms with Crippen LogP contribution in [0, 0.1) is 25.2 Å². The Morgan fingerprint density at radius 2 is 2.04 bits per heavy atom. The number of pyridine rings is 2. The van der Waals surface area contributed by atoms with Crippen LogP contribution in [0.5, 0.6) is 0 Å². The molecule has 0 bridgehead atoms. The van der Waals surface area contributed by atoms with Gasteiger partial charge in [0.15, 0.2) is 0 Å². The third-order valence-electron chi connectivity index (χ3n) is 3.78. The molecule has 0 saturated carbocycles. The third kappa shape index (κ3) is 2.92. The van der Waals surface area contributed by atoms with Gasteiger partial charge in [0.1, 0.15) is 11.8 Å². The smallest absolute Gasteiger partial charge is 0.253 e. The number of aromatic nitrogens is 2. The molecular weight excluding hydrogens is 288 g/mol. The van der Waals surface area contributed by atoms with Gasteiger partial charge in [-0.05, 0) is 37.6 Å². The number of para-hydroxylation sites is 1. The standard InChI is InChI=1S/C18H16N4O/c1-11-7-12(2)21-18(23)15(11)10-20-17-8-13(9-19)22-16-6-4-3-5-14(16)17/h3-8H,10H2,1-2H3,(H,20,22)(H,21,23). The van der Waals surface area contributed by atoms with E-state index in [2.05, 4.69) is 21.4 Å². The molecule has 5 nitrogen and oxygen atoms in total. The van der Waals surface area contributed by atoms with E-state index in [1.54, 1.807) is 6.07 Å². The lowest BCUT2D eigenvalue weighted by Gasteiger charge is -2.11. The summed E-state index contributed by atoms with van der Waals surface area (Å²) in [7, 11) is 0. The maximum absolute atomic E-state index is 12.1. The average Bonchev–Trinajstić information content (AvgIpc) is 2.53. The summed E-state index contributed by atoms with van der Waals surface area (Å²) in [6.45, 7) is 4.17. The maximum Gasteiger partial charge on any atom is 0.253 e. The summed E-state index contributed by atoms with van der Waals surface area (Å²) in [6, 6.07) is 13.3. The minimum atomic E-state index is -0.0890. The second-order valence-corrected chi connectivity index (χ2v) is 5.48. The number of nitriles is 1. The zero-order valence-electron chi connectivity index (χ0n) is 13.0. The summed E-state index contributed by atoms with van der Waals surface area (Å²) < 4.78 is 0. The minimum Gasteiger partial charge on any atom is -0.380 e. The van der Waals surface area contributed by atoms with Gasteiger partial charge in [-0.2, -0.15) is 5.26 Å². The van der Waals surface area contributed by atoms with Gasteiger partial charge in [0, 0.05) is 28.9 Å². The molecule has 3 rings (SSSR count). The molecule has 2 heterocycles. The summed E-state index contributed by atoms with van der Waals surface area (Å²) in [4.78, 5) is 19.2. The van der Waals surface area contributed by atoms with Gasteiger partial charge in [0.05, 0.1) is 5.52 Å². The Labute approximate surface area is 133 Å². The van der Waals surface area contributed by atoms with Gasteiger partial charge in [-0.3, -0.25) is 4.79 Å². The van der Waals surface area contributed by atoms with Crippen molar-refractivity contribution in [1.82, 2.24) is 9.97 Å². The molecule has 0 aliphatic heterocycles. The summed E-state index contributed by atoms with van der Waals surface area (Å²) in [5.41, 5.74) is 4.29. The molecule has 0 aliphatic carbocycles. The van der Waals surface area contributed by atoms with E-state index in [1.165, 1.54) is 0 Å². The largest absolute Gasteiger partial charge is 0.380 e. The molecule has 2 aromatic heterocycles. The first kappa shape index (κ1) is 14.8. The molecule has 0 radical (unpaired) electrons. The second kappa shape index (κ2) is 5.93. The number of nitrogens with one attached hydrogen (secondary N) is 2. The van der Waals surface area contributed by atoms with Gasteiger partial charge in [-0.25, -0.2) is 4.98 Å².